The summed E-state index contributed by atoms with van der Waals surface area (Å²) in [5.74, 6) is 0.733. The zero-order valence-electron chi connectivity index (χ0n) is 11.1. The maximum atomic E-state index is 12.6. The first-order valence-electron chi connectivity index (χ1n) is 6.64. The predicted molar refractivity (Wildman–Crippen MR) is 89.5 cm³/mol. The molecule has 1 aliphatic heterocycles. The molecule has 0 N–H and O–H groups in total. The minimum absolute atomic E-state index is 0.0888. The van der Waals surface area contributed by atoms with Crippen molar-refractivity contribution >= 4 is 49.4 Å². The first-order valence-corrected chi connectivity index (χ1v) is 8.76. The number of alkyl halides is 1. The number of hydrogen-bond acceptors (Lipinski definition) is 2. The Kier molecular flexibility index (Phi) is 6.33. The summed E-state index contributed by atoms with van der Waals surface area (Å²) >= 11 is 12.7. The smallest absolute Gasteiger partial charge is 0.255 e. The normalized spacial score (nSPS) is 17.1. The second-order valence-corrected chi connectivity index (χ2v) is 6.95. The Hall–Kier alpha value is -0.100. The van der Waals surface area contributed by atoms with Crippen molar-refractivity contribution in [1.82, 2.24) is 9.80 Å². The van der Waals surface area contributed by atoms with Crippen LogP contribution >= 0.6 is 43.5 Å². The minimum Gasteiger partial charge on any atom is -0.337 e. The summed E-state index contributed by atoms with van der Waals surface area (Å²) in [5.41, 5.74) is 0.713. The fraction of sp³-hybridized carbons (Fsp3) is 0.500. The highest BCUT2D eigenvalue weighted by Crippen LogP contribution is 2.23. The number of nitrogens with zero attached hydrogens (tertiary/aromatic N) is 2. The van der Waals surface area contributed by atoms with Gasteiger partial charge in [-0.1, -0.05) is 15.9 Å². The lowest BCUT2D eigenvalue weighted by Crippen LogP contribution is -2.35. The molecular formula is C14H17Br2ClN2O. The molecule has 1 aliphatic rings. The third kappa shape index (κ3) is 4.20. The van der Waals surface area contributed by atoms with Gasteiger partial charge in [0.1, 0.15) is 0 Å². The van der Waals surface area contributed by atoms with Crippen molar-refractivity contribution in [2.75, 3.05) is 38.6 Å². The van der Waals surface area contributed by atoms with E-state index in [2.05, 4.69) is 36.8 Å². The van der Waals surface area contributed by atoms with Gasteiger partial charge in [0.2, 0.25) is 0 Å². The maximum Gasteiger partial charge on any atom is 0.255 e. The highest BCUT2D eigenvalue weighted by atomic mass is 79.9. The van der Waals surface area contributed by atoms with Gasteiger partial charge in [-0.3, -0.25) is 4.79 Å². The summed E-state index contributed by atoms with van der Waals surface area (Å²) in [5, 5.41) is 0. The van der Waals surface area contributed by atoms with Crippen LogP contribution in [0.25, 0.3) is 0 Å². The summed E-state index contributed by atoms with van der Waals surface area (Å²) in [6, 6.07) is 5.69. The van der Waals surface area contributed by atoms with Crippen LogP contribution in [-0.2, 0) is 0 Å². The van der Waals surface area contributed by atoms with E-state index in [4.69, 9.17) is 11.6 Å². The molecule has 0 aliphatic carbocycles. The SMILES string of the molecule is O=C(c1cc(Br)ccc1Br)N1CCCN(CCCl)CC1. The molecule has 0 saturated carbocycles. The van der Waals surface area contributed by atoms with Crippen molar-refractivity contribution in [2.24, 2.45) is 0 Å². The molecule has 3 nitrogen and oxygen atoms in total. The highest BCUT2D eigenvalue weighted by Gasteiger charge is 2.21. The predicted octanol–water partition coefficient (Wildman–Crippen LogP) is 3.60. The van der Waals surface area contributed by atoms with Crippen LogP contribution in [0.3, 0.4) is 0 Å². The lowest BCUT2D eigenvalue weighted by Gasteiger charge is -2.22. The Morgan fingerprint density at radius 1 is 1.20 bits per heavy atom. The summed E-state index contributed by atoms with van der Waals surface area (Å²) in [6.07, 6.45) is 0.994. The average Bonchev–Trinajstić information content (AvgIpc) is 2.67. The van der Waals surface area contributed by atoms with E-state index in [0.29, 0.717) is 11.4 Å². The number of hydrogen-bond donors (Lipinski definition) is 0. The molecule has 20 heavy (non-hydrogen) atoms. The summed E-state index contributed by atoms with van der Waals surface area (Å²) in [6.45, 7) is 4.36. The standard InChI is InChI=1S/C14H17Br2ClN2O/c15-11-2-3-13(16)12(10-11)14(20)19-6-1-5-18(7-4-17)8-9-19/h2-3,10H,1,4-9H2. The molecule has 1 aromatic carbocycles. The van der Waals surface area contributed by atoms with Gasteiger partial charge in [0, 0.05) is 41.0 Å². The first-order chi connectivity index (χ1) is 9.61. The van der Waals surface area contributed by atoms with Gasteiger partial charge < -0.3 is 9.80 Å². The van der Waals surface area contributed by atoms with E-state index in [1.807, 2.05) is 23.1 Å². The van der Waals surface area contributed by atoms with Crippen LogP contribution in [0.1, 0.15) is 16.8 Å². The van der Waals surface area contributed by atoms with Crippen LogP contribution in [0.5, 0.6) is 0 Å². The third-order valence-electron chi connectivity index (χ3n) is 3.44. The highest BCUT2D eigenvalue weighted by molar-refractivity contribution is 9.11. The quantitative estimate of drug-likeness (QED) is 0.693. The van der Waals surface area contributed by atoms with Gasteiger partial charge in [-0.15, -0.1) is 11.6 Å². The number of carbonyl (C=O) groups excluding carboxylic acids is 1. The fourth-order valence-electron chi connectivity index (χ4n) is 2.35. The van der Waals surface area contributed by atoms with Crippen LogP contribution in [-0.4, -0.2) is 54.3 Å². The van der Waals surface area contributed by atoms with Crippen LogP contribution in [0.15, 0.2) is 27.1 Å². The Labute approximate surface area is 141 Å². The maximum absolute atomic E-state index is 12.6. The Bertz CT molecular complexity index is 484. The van der Waals surface area contributed by atoms with Crippen molar-refractivity contribution in [3.63, 3.8) is 0 Å². The van der Waals surface area contributed by atoms with E-state index in [1.54, 1.807) is 0 Å². The van der Waals surface area contributed by atoms with Gasteiger partial charge in [0.25, 0.3) is 5.91 Å². The summed E-state index contributed by atoms with van der Waals surface area (Å²) in [4.78, 5) is 16.9. The molecule has 0 radical (unpaired) electrons. The fourth-order valence-corrected chi connectivity index (χ4v) is 3.37. The number of rotatable bonds is 3. The molecule has 1 aromatic rings. The summed E-state index contributed by atoms with van der Waals surface area (Å²) < 4.78 is 1.76. The Balaban J connectivity index is 2.07. The molecule has 0 atom stereocenters. The lowest BCUT2D eigenvalue weighted by atomic mass is 10.2. The molecule has 2 rings (SSSR count). The van der Waals surface area contributed by atoms with E-state index in [9.17, 15) is 4.79 Å². The number of benzene rings is 1. The average molecular weight is 425 g/mol. The van der Waals surface area contributed by atoms with E-state index >= 15 is 0 Å². The Morgan fingerprint density at radius 2 is 2.00 bits per heavy atom. The molecule has 0 unspecified atom stereocenters. The van der Waals surface area contributed by atoms with Gasteiger partial charge in [0.15, 0.2) is 0 Å². The third-order valence-corrected chi connectivity index (χ3v) is 4.79. The molecule has 1 heterocycles. The second kappa shape index (κ2) is 7.78. The molecule has 1 fully saturated rings. The first kappa shape index (κ1) is 16.3. The van der Waals surface area contributed by atoms with Crippen molar-refractivity contribution < 1.29 is 4.79 Å². The lowest BCUT2D eigenvalue weighted by molar-refractivity contribution is 0.0761. The van der Waals surface area contributed by atoms with Crippen LogP contribution in [0, 0.1) is 0 Å². The van der Waals surface area contributed by atoms with Gasteiger partial charge in [0.05, 0.1) is 5.56 Å². The van der Waals surface area contributed by atoms with Gasteiger partial charge in [-0.25, -0.2) is 0 Å². The molecule has 1 saturated heterocycles. The monoisotopic (exact) mass is 422 g/mol. The molecule has 1 amide bonds. The van der Waals surface area contributed by atoms with E-state index in [-0.39, 0.29) is 5.91 Å². The van der Waals surface area contributed by atoms with Gasteiger partial charge in [-0.2, -0.15) is 0 Å². The van der Waals surface area contributed by atoms with Crippen molar-refractivity contribution in [1.29, 1.82) is 0 Å². The van der Waals surface area contributed by atoms with Crippen molar-refractivity contribution in [3.05, 3.63) is 32.7 Å². The minimum atomic E-state index is 0.0888. The molecule has 0 bridgehead atoms. The van der Waals surface area contributed by atoms with Crippen molar-refractivity contribution in [3.8, 4) is 0 Å². The van der Waals surface area contributed by atoms with Crippen LogP contribution in [0.2, 0.25) is 0 Å². The van der Waals surface area contributed by atoms with E-state index in [1.165, 1.54) is 0 Å². The van der Waals surface area contributed by atoms with Gasteiger partial charge >= 0.3 is 0 Å². The number of halogens is 3. The Morgan fingerprint density at radius 3 is 2.75 bits per heavy atom. The van der Waals surface area contributed by atoms with Gasteiger partial charge in [-0.05, 0) is 47.1 Å². The molecule has 0 aromatic heterocycles. The molecule has 0 spiro atoms. The molecular weight excluding hydrogens is 407 g/mol. The van der Waals surface area contributed by atoms with E-state index in [0.717, 1.165) is 48.1 Å². The zero-order chi connectivity index (χ0) is 14.5. The topological polar surface area (TPSA) is 23.6 Å². The van der Waals surface area contributed by atoms with Crippen molar-refractivity contribution in [2.45, 2.75) is 6.42 Å². The summed E-state index contributed by atoms with van der Waals surface area (Å²) in [7, 11) is 0. The number of amides is 1. The molecule has 6 heteroatoms. The zero-order valence-corrected chi connectivity index (χ0v) is 15.0. The molecule has 110 valence electrons. The second-order valence-electron chi connectivity index (χ2n) is 4.80. The van der Waals surface area contributed by atoms with Crippen LogP contribution in [0.4, 0.5) is 0 Å². The van der Waals surface area contributed by atoms with Crippen LogP contribution < -0.4 is 0 Å². The largest absolute Gasteiger partial charge is 0.337 e. The number of carbonyl (C=O) groups is 1. The van der Waals surface area contributed by atoms with E-state index < -0.39 is 0 Å².